The lowest BCUT2D eigenvalue weighted by molar-refractivity contribution is -0.169. The lowest BCUT2D eigenvalue weighted by Gasteiger charge is -2.28. The number of nitrogen functional groups attached to an aromatic ring is 1. The molecule has 1 saturated heterocycles. The number of benzene rings is 1. The van der Waals surface area contributed by atoms with Crippen LogP contribution < -0.4 is 15.3 Å². The van der Waals surface area contributed by atoms with Gasteiger partial charge in [0.25, 0.3) is 0 Å². The zero-order valence-electron chi connectivity index (χ0n) is 32.0. The standard InChI is InChI=1S/C39H51N6O10P/c1-6-10-13-19-33(46)52-35-31(24-51-56(49,55-29-17-15-12-16-18-29)44-27(5)38(48)50-23-28(8-3)9-4)54-39(25-40,36(35)53-34(47)20-14-11-7-2)32-22-21-30-37(41)42-26-43-45(30)32/h6-7,12,15-18,21-22,26-28,31,35-36H,1-2,8-11,13-14,19-20,23-24H2,3-5H3,(H,44,49)(H2,41,42,43)/t27-,31+,35+,36+,39-,56-/m0/s1. The molecule has 3 N–H and O–H groups in total. The molecule has 0 spiro atoms. The molecule has 6 atom stereocenters. The Bertz CT molecular complexity index is 1900. The van der Waals surface area contributed by atoms with Crippen molar-refractivity contribution in [2.24, 2.45) is 5.92 Å². The summed E-state index contributed by atoms with van der Waals surface area (Å²) in [5, 5.41) is 17.9. The summed E-state index contributed by atoms with van der Waals surface area (Å²) >= 11 is 0. The van der Waals surface area contributed by atoms with E-state index in [0.29, 0.717) is 31.2 Å². The first-order valence-corrected chi connectivity index (χ1v) is 20.2. The van der Waals surface area contributed by atoms with Gasteiger partial charge in [-0.05, 0) is 62.8 Å². The van der Waals surface area contributed by atoms with Gasteiger partial charge in [0, 0.05) is 12.8 Å². The molecule has 17 heteroatoms. The number of rotatable bonds is 23. The van der Waals surface area contributed by atoms with Crippen molar-refractivity contribution in [3.63, 3.8) is 0 Å². The minimum atomic E-state index is -4.49. The number of allylic oxidation sites excluding steroid dienone is 2. The first-order chi connectivity index (χ1) is 26.9. The van der Waals surface area contributed by atoms with Crippen molar-refractivity contribution >= 4 is 37.0 Å². The highest BCUT2D eigenvalue weighted by molar-refractivity contribution is 7.52. The summed E-state index contributed by atoms with van der Waals surface area (Å²) < 4.78 is 51.6. The normalized spacial score (nSPS) is 20.7. The molecular formula is C39H51N6O10P. The van der Waals surface area contributed by atoms with Crippen molar-refractivity contribution in [2.45, 2.75) is 102 Å². The van der Waals surface area contributed by atoms with Gasteiger partial charge in [-0.25, -0.2) is 14.1 Å². The summed E-state index contributed by atoms with van der Waals surface area (Å²) in [7, 11) is -4.49. The number of carbonyl (C=O) groups is 3. The quantitative estimate of drug-likeness (QED) is 0.0363. The molecular weight excluding hydrogens is 743 g/mol. The Morgan fingerprint density at radius 2 is 1.73 bits per heavy atom. The van der Waals surface area contributed by atoms with Gasteiger partial charge in [0.15, 0.2) is 18.0 Å². The van der Waals surface area contributed by atoms with E-state index in [1.807, 2.05) is 13.8 Å². The van der Waals surface area contributed by atoms with Crippen molar-refractivity contribution in [1.29, 1.82) is 5.26 Å². The number of nitrogens with two attached hydrogens (primary N) is 1. The van der Waals surface area contributed by atoms with Gasteiger partial charge in [0.1, 0.15) is 35.8 Å². The summed E-state index contributed by atoms with van der Waals surface area (Å²) in [4.78, 5) is 43.8. The fraction of sp³-hybridized carbons (Fsp3) is 0.487. The zero-order valence-corrected chi connectivity index (χ0v) is 32.9. The number of nitrogens with one attached hydrogen (secondary N) is 1. The minimum Gasteiger partial charge on any atom is -0.464 e. The largest absolute Gasteiger partial charge is 0.464 e. The van der Waals surface area contributed by atoms with Crippen LogP contribution in [0.3, 0.4) is 0 Å². The van der Waals surface area contributed by atoms with Gasteiger partial charge in [-0.2, -0.15) is 15.4 Å². The van der Waals surface area contributed by atoms with Crippen molar-refractivity contribution in [2.75, 3.05) is 18.9 Å². The zero-order chi connectivity index (χ0) is 40.7. The number of aromatic nitrogens is 3. The third-order valence-corrected chi connectivity index (χ3v) is 10.9. The Morgan fingerprint density at radius 1 is 1.07 bits per heavy atom. The first kappa shape index (κ1) is 43.7. The lowest BCUT2D eigenvalue weighted by Crippen LogP contribution is -2.46. The molecule has 0 amide bonds. The van der Waals surface area contributed by atoms with Crippen LogP contribution in [0.2, 0.25) is 0 Å². The molecule has 0 aliphatic carbocycles. The van der Waals surface area contributed by atoms with Crippen LogP contribution in [-0.4, -0.2) is 70.1 Å². The Kier molecular flexibility index (Phi) is 16.2. The molecule has 3 aromatic rings. The van der Waals surface area contributed by atoms with Crippen molar-refractivity contribution in [1.82, 2.24) is 19.7 Å². The van der Waals surface area contributed by atoms with Crippen LogP contribution >= 0.6 is 7.75 Å². The molecule has 2 aromatic heterocycles. The van der Waals surface area contributed by atoms with E-state index in [4.69, 9.17) is 33.7 Å². The third-order valence-electron chi connectivity index (χ3n) is 9.23. The molecule has 0 radical (unpaired) electrons. The number of hydrogen-bond acceptors (Lipinski definition) is 14. The molecule has 4 rings (SSSR count). The lowest BCUT2D eigenvalue weighted by atomic mass is 9.92. The van der Waals surface area contributed by atoms with E-state index >= 15 is 0 Å². The fourth-order valence-corrected chi connectivity index (χ4v) is 7.52. The number of ether oxygens (including phenoxy) is 4. The molecule has 56 heavy (non-hydrogen) atoms. The van der Waals surface area contributed by atoms with Crippen molar-refractivity contribution in [3.05, 3.63) is 79.8 Å². The van der Waals surface area contributed by atoms with Gasteiger partial charge in [0.2, 0.25) is 5.60 Å². The van der Waals surface area contributed by atoms with E-state index < -0.39 is 62.2 Å². The average Bonchev–Trinajstić information content (AvgIpc) is 3.75. The van der Waals surface area contributed by atoms with Gasteiger partial charge >= 0.3 is 25.7 Å². The number of fused-ring (bicyclic) bond motifs is 1. The highest BCUT2D eigenvalue weighted by Gasteiger charge is 2.63. The van der Waals surface area contributed by atoms with Crippen LogP contribution in [0.15, 0.2) is 74.1 Å². The van der Waals surface area contributed by atoms with Gasteiger partial charge in [-0.3, -0.25) is 18.9 Å². The highest BCUT2D eigenvalue weighted by atomic mass is 31.2. The molecule has 0 saturated carbocycles. The van der Waals surface area contributed by atoms with Crippen LogP contribution in [-0.2, 0) is 48.0 Å². The average molecular weight is 795 g/mol. The highest BCUT2D eigenvalue weighted by Crippen LogP contribution is 2.48. The number of nitriles is 1. The van der Waals surface area contributed by atoms with Crippen molar-refractivity contribution in [3.8, 4) is 11.8 Å². The maximum absolute atomic E-state index is 14.6. The van der Waals surface area contributed by atoms with Crippen molar-refractivity contribution < 1.29 is 46.9 Å². The van der Waals surface area contributed by atoms with Crippen LogP contribution in [0, 0.1) is 17.2 Å². The van der Waals surface area contributed by atoms with E-state index in [-0.39, 0.29) is 42.6 Å². The number of nitrogens with zero attached hydrogens (tertiary/aromatic N) is 4. The summed E-state index contributed by atoms with van der Waals surface area (Å²) in [6.45, 7) is 12.3. The van der Waals surface area contributed by atoms with Gasteiger partial charge in [0.05, 0.1) is 18.9 Å². The number of hydrogen-bond donors (Lipinski definition) is 2. The van der Waals surface area contributed by atoms with Gasteiger partial charge in [-0.15, -0.1) is 13.2 Å². The molecule has 0 unspecified atom stereocenters. The summed E-state index contributed by atoms with van der Waals surface area (Å²) in [6.07, 6.45) is 3.38. The second kappa shape index (κ2) is 20.7. The number of esters is 3. The molecule has 3 heterocycles. The first-order valence-electron chi connectivity index (χ1n) is 18.7. The number of unbranched alkanes of at least 4 members (excludes halogenated alkanes) is 2. The number of anilines is 1. The Labute approximate surface area is 326 Å². The molecule has 1 aliphatic heterocycles. The maximum atomic E-state index is 14.6. The number of para-hydroxylation sites is 1. The van der Waals surface area contributed by atoms with E-state index in [1.165, 1.54) is 23.8 Å². The number of carbonyl (C=O) groups excluding carboxylic acids is 3. The summed E-state index contributed by atoms with van der Waals surface area (Å²) in [6, 6.07) is 12.2. The molecule has 0 bridgehead atoms. The van der Waals surface area contributed by atoms with E-state index in [9.17, 15) is 24.2 Å². The summed E-state index contributed by atoms with van der Waals surface area (Å²) in [5.74, 6) is -1.69. The van der Waals surface area contributed by atoms with Gasteiger partial charge in [-0.1, -0.05) is 57.0 Å². The topological polar surface area (TPSA) is 216 Å². The maximum Gasteiger partial charge on any atom is 0.459 e. The predicted octanol–water partition coefficient (Wildman–Crippen LogP) is 6.13. The Morgan fingerprint density at radius 3 is 2.36 bits per heavy atom. The minimum absolute atomic E-state index is 0.0405. The van der Waals surface area contributed by atoms with E-state index in [2.05, 4.69) is 34.4 Å². The Hall–Kier alpha value is -5.07. The molecule has 1 aliphatic rings. The molecule has 1 aromatic carbocycles. The second-order valence-electron chi connectivity index (χ2n) is 13.3. The van der Waals surface area contributed by atoms with E-state index in [0.717, 1.165) is 12.8 Å². The van der Waals surface area contributed by atoms with E-state index in [1.54, 1.807) is 48.6 Å². The second-order valence-corrected chi connectivity index (χ2v) is 14.9. The van der Waals surface area contributed by atoms with Crippen LogP contribution in [0.1, 0.15) is 77.8 Å². The predicted molar refractivity (Wildman–Crippen MR) is 206 cm³/mol. The monoisotopic (exact) mass is 794 g/mol. The SMILES string of the molecule is C=CCCCC(=O)O[C@H]1[C@@H](OC(=O)CCCC=C)[C@](C#N)(c2ccc3c(N)ncnn23)O[C@@H]1CO[P@@](=O)(N[C@@H](C)C(=O)OCC(CC)CC)Oc1ccccc1. The summed E-state index contributed by atoms with van der Waals surface area (Å²) in [5.41, 5.74) is 4.34. The molecule has 16 nitrogen and oxygen atoms in total. The van der Waals surface area contributed by atoms with Crippen LogP contribution in [0.4, 0.5) is 5.82 Å². The smallest absolute Gasteiger partial charge is 0.459 e. The molecule has 1 fully saturated rings. The van der Waals surface area contributed by atoms with Gasteiger partial charge < -0.3 is 29.2 Å². The fourth-order valence-electron chi connectivity index (χ4n) is 6.02. The Balaban J connectivity index is 1.74. The van der Waals surface area contributed by atoms with Crippen LogP contribution in [0.5, 0.6) is 5.75 Å². The molecule has 302 valence electrons. The van der Waals surface area contributed by atoms with Crippen LogP contribution in [0.25, 0.3) is 5.52 Å². The third kappa shape index (κ3) is 11.0.